The Kier molecular flexibility index (Phi) is 6.29. The van der Waals surface area contributed by atoms with E-state index in [4.69, 9.17) is 5.11 Å². The van der Waals surface area contributed by atoms with Crippen LogP contribution in [0.3, 0.4) is 0 Å². The summed E-state index contributed by atoms with van der Waals surface area (Å²) in [6, 6.07) is 0.115. The van der Waals surface area contributed by atoms with Gasteiger partial charge in [0.2, 0.25) is 0 Å². The van der Waals surface area contributed by atoms with Crippen molar-refractivity contribution in [2.75, 3.05) is 19.8 Å². The number of hydrogen-bond donors (Lipinski definition) is 3. The van der Waals surface area contributed by atoms with Gasteiger partial charge in [0.15, 0.2) is 0 Å². The second kappa shape index (κ2) is 6.35. The van der Waals surface area contributed by atoms with Crippen LogP contribution in [0.2, 0.25) is 0 Å². The Balaban J connectivity index is 3.95. The van der Waals surface area contributed by atoms with E-state index in [1.165, 1.54) is 0 Å². The standard InChI is InChI=1S/C10H23NO2/c1-4-10(5-2,8-13)7-11-9(3)6-12/h9,11-13H,4-8H2,1-3H3/t9-/m1/s1. The first-order valence-electron chi connectivity index (χ1n) is 5.09. The average Bonchev–Trinajstić information content (AvgIpc) is 2.20. The third-order valence-corrected chi connectivity index (χ3v) is 2.93. The van der Waals surface area contributed by atoms with Crippen LogP contribution < -0.4 is 5.32 Å². The van der Waals surface area contributed by atoms with Gasteiger partial charge in [-0.05, 0) is 19.8 Å². The largest absolute Gasteiger partial charge is 0.396 e. The fourth-order valence-electron chi connectivity index (χ4n) is 1.23. The first-order chi connectivity index (χ1) is 6.14. The molecule has 0 spiro atoms. The Bertz CT molecular complexity index is 116. The Labute approximate surface area is 81.2 Å². The molecule has 0 saturated carbocycles. The SMILES string of the molecule is CCC(CC)(CO)CN[C@H](C)CO. The van der Waals surface area contributed by atoms with Crippen molar-refractivity contribution in [2.24, 2.45) is 5.41 Å². The number of aliphatic hydroxyl groups is 2. The molecule has 1 atom stereocenters. The van der Waals surface area contributed by atoms with E-state index < -0.39 is 0 Å². The van der Waals surface area contributed by atoms with Crippen molar-refractivity contribution in [3.05, 3.63) is 0 Å². The van der Waals surface area contributed by atoms with Gasteiger partial charge in [-0.15, -0.1) is 0 Å². The molecule has 0 aliphatic heterocycles. The smallest absolute Gasteiger partial charge is 0.0581 e. The normalized spacial score (nSPS) is 14.5. The van der Waals surface area contributed by atoms with Crippen LogP contribution in [0.1, 0.15) is 33.6 Å². The maximum atomic E-state index is 9.26. The monoisotopic (exact) mass is 189 g/mol. The van der Waals surface area contributed by atoms with Crippen molar-refractivity contribution < 1.29 is 10.2 Å². The summed E-state index contributed by atoms with van der Waals surface area (Å²) in [6.45, 7) is 7.25. The summed E-state index contributed by atoms with van der Waals surface area (Å²) < 4.78 is 0. The summed E-state index contributed by atoms with van der Waals surface area (Å²) in [4.78, 5) is 0. The molecular weight excluding hydrogens is 166 g/mol. The lowest BCUT2D eigenvalue weighted by Gasteiger charge is -2.30. The van der Waals surface area contributed by atoms with Gasteiger partial charge in [-0.1, -0.05) is 13.8 Å². The van der Waals surface area contributed by atoms with Crippen molar-refractivity contribution in [3.8, 4) is 0 Å². The molecule has 0 aromatic rings. The second-order valence-corrected chi connectivity index (χ2v) is 3.83. The summed E-state index contributed by atoms with van der Waals surface area (Å²) in [5.41, 5.74) is -0.0105. The summed E-state index contributed by atoms with van der Waals surface area (Å²) in [5.74, 6) is 0. The lowest BCUT2D eigenvalue weighted by Crippen LogP contribution is -2.41. The van der Waals surface area contributed by atoms with E-state index in [1.807, 2.05) is 6.92 Å². The van der Waals surface area contributed by atoms with Crippen molar-refractivity contribution in [1.82, 2.24) is 5.32 Å². The molecule has 80 valence electrons. The molecule has 0 radical (unpaired) electrons. The van der Waals surface area contributed by atoms with Crippen LogP contribution >= 0.6 is 0 Å². The molecule has 0 bridgehead atoms. The molecule has 0 rings (SSSR count). The molecule has 0 fully saturated rings. The Morgan fingerprint density at radius 1 is 1.23 bits per heavy atom. The second-order valence-electron chi connectivity index (χ2n) is 3.83. The summed E-state index contributed by atoms with van der Waals surface area (Å²) in [6.07, 6.45) is 1.93. The fraction of sp³-hybridized carbons (Fsp3) is 1.00. The van der Waals surface area contributed by atoms with Gasteiger partial charge in [0.1, 0.15) is 0 Å². The van der Waals surface area contributed by atoms with Crippen LogP contribution in [-0.2, 0) is 0 Å². The van der Waals surface area contributed by atoms with E-state index in [0.29, 0.717) is 0 Å². The van der Waals surface area contributed by atoms with Gasteiger partial charge in [0.05, 0.1) is 6.61 Å². The minimum Gasteiger partial charge on any atom is -0.396 e. The lowest BCUT2D eigenvalue weighted by atomic mass is 9.83. The molecule has 0 amide bonds. The zero-order chi connectivity index (χ0) is 10.3. The minimum absolute atomic E-state index is 0.0105. The van der Waals surface area contributed by atoms with E-state index in [1.54, 1.807) is 0 Å². The molecule has 0 saturated heterocycles. The van der Waals surface area contributed by atoms with Crippen molar-refractivity contribution in [2.45, 2.75) is 39.7 Å². The van der Waals surface area contributed by atoms with Crippen LogP contribution in [0, 0.1) is 5.41 Å². The lowest BCUT2D eigenvalue weighted by molar-refractivity contribution is 0.106. The van der Waals surface area contributed by atoms with Gasteiger partial charge in [-0.2, -0.15) is 0 Å². The zero-order valence-corrected chi connectivity index (χ0v) is 9.01. The van der Waals surface area contributed by atoms with Gasteiger partial charge in [0.25, 0.3) is 0 Å². The van der Waals surface area contributed by atoms with E-state index >= 15 is 0 Å². The molecule has 0 unspecified atom stereocenters. The predicted octanol–water partition coefficient (Wildman–Crippen LogP) is 0.756. The highest BCUT2D eigenvalue weighted by Gasteiger charge is 2.25. The van der Waals surface area contributed by atoms with Gasteiger partial charge in [0, 0.05) is 24.6 Å². The summed E-state index contributed by atoms with van der Waals surface area (Å²) in [7, 11) is 0. The maximum Gasteiger partial charge on any atom is 0.0581 e. The molecule has 3 N–H and O–H groups in total. The van der Waals surface area contributed by atoms with E-state index in [2.05, 4.69) is 19.2 Å². The van der Waals surface area contributed by atoms with Crippen molar-refractivity contribution in [1.29, 1.82) is 0 Å². The third-order valence-electron chi connectivity index (χ3n) is 2.93. The van der Waals surface area contributed by atoms with Crippen LogP contribution in [0.15, 0.2) is 0 Å². The highest BCUT2D eigenvalue weighted by molar-refractivity contribution is 4.79. The van der Waals surface area contributed by atoms with Crippen LogP contribution in [0.4, 0.5) is 0 Å². The maximum absolute atomic E-state index is 9.26. The molecule has 13 heavy (non-hydrogen) atoms. The van der Waals surface area contributed by atoms with Gasteiger partial charge < -0.3 is 15.5 Å². The molecule has 0 aromatic heterocycles. The molecule has 3 heteroatoms. The van der Waals surface area contributed by atoms with Crippen LogP contribution in [0.25, 0.3) is 0 Å². The molecule has 0 aliphatic carbocycles. The van der Waals surface area contributed by atoms with Gasteiger partial charge in [-0.3, -0.25) is 0 Å². The highest BCUT2D eigenvalue weighted by Crippen LogP contribution is 2.24. The minimum atomic E-state index is -0.0105. The van der Waals surface area contributed by atoms with Crippen molar-refractivity contribution >= 4 is 0 Å². The first kappa shape index (κ1) is 12.9. The average molecular weight is 189 g/mol. The van der Waals surface area contributed by atoms with Crippen molar-refractivity contribution in [3.63, 3.8) is 0 Å². The summed E-state index contributed by atoms with van der Waals surface area (Å²) >= 11 is 0. The van der Waals surface area contributed by atoms with E-state index in [0.717, 1.165) is 19.4 Å². The van der Waals surface area contributed by atoms with E-state index in [-0.39, 0.29) is 24.7 Å². The number of rotatable bonds is 7. The topological polar surface area (TPSA) is 52.5 Å². The molecule has 3 nitrogen and oxygen atoms in total. The van der Waals surface area contributed by atoms with Crippen LogP contribution in [0.5, 0.6) is 0 Å². The molecule has 0 aliphatic rings. The zero-order valence-electron chi connectivity index (χ0n) is 9.01. The van der Waals surface area contributed by atoms with Gasteiger partial charge >= 0.3 is 0 Å². The Morgan fingerprint density at radius 2 is 1.77 bits per heavy atom. The van der Waals surface area contributed by atoms with Crippen LogP contribution in [-0.4, -0.2) is 36.0 Å². The Hall–Kier alpha value is -0.120. The predicted molar refractivity (Wildman–Crippen MR) is 54.7 cm³/mol. The molecular formula is C10H23NO2. The number of nitrogens with one attached hydrogen (secondary N) is 1. The summed E-state index contributed by atoms with van der Waals surface area (Å²) in [5, 5.41) is 21.3. The van der Waals surface area contributed by atoms with Gasteiger partial charge in [-0.25, -0.2) is 0 Å². The third kappa shape index (κ3) is 4.07. The fourth-order valence-corrected chi connectivity index (χ4v) is 1.23. The quantitative estimate of drug-likeness (QED) is 0.554. The number of hydrogen-bond acceptors (Lipinski definition) is 3. The van der Waals surface area contributed by atoms with E-state index in [9.17, 15) is 5.11 Å². The Morgan fingerprint density at radius 3 is 2.08 bits per heavy atom. The molecule has 0 heterocycles. The highest BCUT2D eigenvalue weighted by atomic mass is 16.3. The molecule has 0 aromatic carbocycles. The number of aliphatic hydroxyl groups excluding tert-OH is 2. The first-order valence-corrected chi connectivity index (χ1v) is 5.09.